The van der Waals surface area contributed by atoms with Crippen LogP contribution in [-0.2, 0) is 0 Å². The lowest BCUT2D eigenvalue weighted by Gasteiger charge is -2.36. The Morgan fingerprint density at radius 3 is 2.26 bits per heavy atom. The minimum absolute atomic E-state index is 0. The molecule has 0 unspecified atom stereocenters. The monoisotopic (exact) mass is 304 g/mol. The van der Waals surface area contributed by atoms with Gasteiger partial charge in [0.15, 0.2) is 0 Å². The van der Waals surface area contributed by atoms with Crippen LogP contribution in [0.1, 0.15) is 24.3 Å². The van der Waals surface area contributed by atoms with Crippen molar-refractivity contribution in [3.05, 3.63) is 29.8 Å². The molecule has 0 saturated carbocycles. The van der Waals surface area contributed by atoms with Crippen molar-refractivity contribution in [1.82, 2.24) is 5.32 Å². The Morgan fingerprint density at radius 1 is 1.05 bits per heavy atom. The first-order valence-corrected chi connectivity index (χ1v) is 6.57. The van der Waals surface area contributed by atoms with Gasteiger partial charge in [0.2, 0.25) is 0 Å². The van der Waals surface area contributed by atoms with Crippen molar-refractivity contribution in [2.24, 2.45) is 0 Å². The average molecular weight is 305 g/mol. The Bertz CT molecular complexity index is 391. The van der Waals surface area contributed by atoms with Gasteiger partial charge in [-0.1, -0.05) is 18.2 Å². The lowest BCUT2D eigenvalue weighted by atomic mass is 9.91. The number of para-hydroxylation sites is 1. The van der Waals surface area contributed by atoms with Gasteiger partial charge in [-0.3, -0.25) is 0 Å². The maximum absolute atomic E-state index is 9.57. The van der Waals surface area contributed by atoms with E-state index in [1.807, 2.05) is 0 Å². The van der Waals surface area contributed by atoms with Crippen molar-refractivity contribution in [1.29, 1.82) is 0 Å². The van der Waals surface area contributed by atoms with Crippen molar-refractivity contribution in [3.8, 4) is 0 Å². The molecule has 2 heterocycles. The van der Waals surface area contributed by atoms with Gasteiger partial charge in [-0.2, -0.15) is 0 Å². The lowest BCUT2D eigenvalue weighted by molar-refractivity contribution is 0.145. The number of aliphatic hydroxyl groups is 1. The van der Waals surface area contributed by atoms with Crippen LogP contribution in [0.25, 0.3) is 0 Å². The molecule has 0 spiro atoms. The van der Waals surface area contributed by atoms with E-state index in [0.717, 1.165) is 39.0 Å². The largest absolute Gasteiger partial charge is 0.393 e. The van der Waals surface area contributed by atoms with Gasteiger partial charge in [0.25, 0.3) is 0 Å². The minimum Gasteiger partial charge on any atom is -0.393 e. The quantitative estimate of drug-likeness (QED) is 0.879. The molecule has 3 nitrogen and oxygen atoms in total. The maximum atomic E-state index is 9.57. The number of nitrogens with one attached hydrogen (secondary N) is 1. The number of benzene rings is 1. The van der Waals surface area contributed by atoms with Gasteiger partial charge in [-0.25, -0.2) is 0 Å². The highest BCUT2D eigenvalue weighted by atomic mass is 35.5. The van der Waals surface area contributed by atoms with Gasteiger partial charge < -0.3 is 15.3 Å². The van der Waals surface area contributed by atoms with E-state index in [4.69, 9.17) is 0 Å². The Labute approximate surface area is 127 Å². The topological polar surface area (TPSA) is 35.5 Å². The molecule has 2 aliphatic rings. The van der Waals surface area contributed by atoms with Crippen molar-refractivity contribution in [2.75, 3.05) is 31.1 Å². The predicted molar refractivity (Wildman–Crippen MR) is 84.0 cm³/mol. The van der Waals surface area contributed by atoms with Crippen LogP contribution in [-0.4, -0.2) is 37.4 Å². The van der Waals surface area contributed by atoms with E-state index in [1.165, 1.54) is 11.3 Å². The lowest BCUT2D eigenvalue weighted by Crippen LogP contribution is -2.42. The van der Waals surface area contributed by atoms with Crippen molar-refractivity contribution >= 4 is 30.5 Å². The Morgan fingerprint density at radius 2 is 1.68 bits per heavy atom. The molecule has 19 heavy (non-hydrogen) atoms. The fourth-order valence-electron chi connectivity index (χ4n) is 2.74. The van der Waals surface area contributed by atoms with Crippen LogP contribution >= 0.6 is 24.8 Å². The second kappa shape index (κ2) is 7.34. The van der Waals surface area contributed by atoms with Crippen LogP contribution in [0.5, 0.6) is 0 Å². The number of halogens is 2. The van der Waals surface area contributed by atoms with Crippen LogP contribution in [0, 0.1) is 0 Å². The summed E-state index contributed by atoms with van der Waals surface area (Å²) in [4.78, 5) is 2.43. The fraction of sp³-hybridized carbons (Fsp3) is 0.571. The summed E-state index contributed by atoms with van der Waals surface area (Å²) < 4.78 is 0. The fourth-order valence-corrected chi connectivity index (χ4v) is 2.74. The molecule has 2 N–H and O–H groups in total. The summed E-state index contributed by atoms with van der Waals surface area (Å²) >= 11 is 0. The van der Waals surface area contributed by atoms with E-state index < -0.39 is 0 Å². The van der Waals surface area contributed by atoms with Gasteiger partial charge in [-0.05, 0) is 24.5 Å². The molecule has 2 aliphatic heterocycles. The van der Waals surface area contributed by atoms with Gasteiger partial charge in [0, 0.05) is 37.8 Å². The number of aliphatic hydroxyl groups excluding tert-OH is 1. The van der Waals surface area contributed by atoms with Gasteiger partial charge >= 0.3 is 0 Å². The zero-order chi connectivity index (χ0) is 11.7. The molecule has 1 aromatic carbocycles. The number of anilines is 1. The van der Waals surface area contributed by atoms with Crippen LogP contribution in [0.2, 0.25) is 0 Å². The highest BCUT2D eigenvalue weighted by Crippen LogP contribution is 2.31. The molecule has 0 bridgehead atoms. The van der Waals surface area contributed by atoms with E-state index >= 15 is 0 Å². The summed E-state index contributed by atoms with van der Waals surface area (Å²) in [7, 11) is 0. The second-order valence-corrected chi connectivity index (χ2v) is 5.13. The summed E-state index contributed by atoms with van der Waals surface area (Å²) in [5, 5.41) is 12.9. The van der Waals surface area contributed by atoms with Crippen LogP contribution in [0.3, 0.4) is 0 Å². The summed E-state index contributed by atoms with van der Waals surface area (Å²) in [6.07, 6.45) is 1.71. The first-order chi connectivity index (χ1) is 8.34. The van der Waals surface area contributed by atoms with Gasteiger partial charge in [-0.15, -0.1) is 24.8 Å². The van der Waals surface area contributed by atoms with Crippen LogP contribution in [0.15, 0.2) is 24.3 Å². The molecule has 0 aliphatic carbocycles. The van der Waals surface area contributed by atoms with Gasteiger partial charge in [0.1, 0.15) is 0 Å². The highest BCUT2D eigenvalue weighted by Gasteiger charge is 2.25. The molecule has 0 aromatic heterocycles. The van der Waals surface area contributed by atoms with E-state index in [9.17, 15) is 5.11 Å². The third-order valence-electron chi connectivity index (χ3n) is 3.96. The number of piperidine rings is 1. The van der Waals surface area contributed by atoms with Gasteiger partial charge in [0.05, 0.1) is 6.10 Å². The van der Waals surface area contributed by atoms with Crippen molar-refractivity contribution in [2.45, 2.75) is 24.9 Å². The Hall–Kier alpha value is -0.480. The number of rotatable bonds is 2. The normalized spacial score (nSPS) is 20.2. The third kappa shape index (κ3) is 3.54. The van der Waals surface area contributed by atoms with Crippen LogP contribution < -0.4 is 10.2 Å². The third-order valence-corrected chi connectivity index (χ3v) is 3.96. The Kier molecular flexibility index (Phi) is 6.40. The molecule has 108 valence electrons. The van der Waals surface area contributed by atoms with Crippen molar-refractivity contribution < 1.29 is 5.11 Å². The van der Waals surface area contributed by atoms with E-state index in [2.05, 4.69) is 34.5 Å². The molecule has 0 atom stereocenters. The highest BCUT2D eigenvalue weighted by molar-refractivity contribution is 5.85. The molecular weight excluding hydrogens is 283 g/mol. The first kappa shape index (κ1) is 16.6. The molecule has 5 heteroatoms. The molecular formula is C14H22Cl2N2O. The van der Waals surface area contributed by atoms with E-state index in [1.54, 1.807) is 0 Å². The summed E-state index contributed by atoms with van der Waals surface area (Å²) in [6, 6.07) is 8.74. The molecule has 0 amide bonds. The minimum atomic E-state index is -0.0937. The second-order valence-electron chi connectivity index (χ2n) is 5.13. The average Bonchev–Trinajstić information content (AvgIpc) is 2.29. The molecule has 2 saturated heterocycles. The number of nitrogens with zero attached hydrogens (tertiary/aromatic N) is 1. The predicted octanol–water partition coefficient (Wildman–Crippen LogP) is 2.18. The maximum Gasteiger partial charge on any atom is 0.0574 e. The van der Waals surface area contributed by atoms with E-state index in [0.29, 0.717) is 5.92 Å². The van der Waals surface area contributed by atoms with Crippen LogP contribution in [0.4, 0.5) is 5.69 Å². The zero-order valence-electron chi connectivity index (χ0n) is 10.9. The molecule has 2 fully saturated rings. The SMILES string of the molecule is Cl.Cl.OC1CCN(c2ccccc2C2CNC2)CC1. The summed E-state index contributed by atoms with van der Waals surface area (Å²) in [6.45, 7) is 4.18. The number of hydrogen-bond acceptors (Lipinski definition) is 3. The number of hydrogen-bond donors (Lipinski definition) is 2. The smallest absolute Gasteiger partial charge is 0.0574 e. The summed E-state index contributed by atoms with van der Waals surface area (Å²) in [5.74, 6) is 0.679. The standard InChI is InChI=1S/C14H20N2O.2ClH/c17-12-5-7-16(8-6-12)14-4-2-1-3-13(14)11-9-15-10-11;;/h1-4,11-12,15,17H,5-10H2;2*1H. The van der Waals surface area contributed by atoms with E-state index in [-0.39, 0.29) is 30.9 Å². The molecule has 0 radical (unpaired) electrons. The van der Waals surface area contributed by atoms with Crippen molar-refractivity contribution in [3.63, 3.8) is 0 Å². The molecule has 3 rings (SSSR count). The zero-order valence-corrected chi connectivity index (χ0v) is 12.6. The first-order valence-electron chi connectivity index (χ1n) is 6.57. The Balaban J connectivity index is 0.000000902. The summed E-state index contributed by atoms with van der Waals surface area (Å²) in [5.41, 5.74) is 2.86. The molecule has 1 aromatic rings.